The zero-order valence-corrected chi connectivity index (χ0v) is 18.2. The van der Waals surface area contributed by atoms with Crippen LogP contribution in [-0.2, 0) is 9.84 Å². The van der Waals surface area contributed by atoms with Crippen molar-refractivity contribution < 1.29 is 27.1 Å². The lowest BCUT2D eigenvalue weighted by atomic mass is 10.1. The van der Waals surface area contributed by atoms with Gasteiger partial charge in [-0.1, -0.05) is 25.4 Å². The number of sulfone groups is 1. The third-order valence-corrected chi connectivity index (χ3v) is 5.44. The summed E-state index contributed by atoms with van der Waals surface area (Å²) in [5, 5.41) is 2.53. The van der Waals surface area contributed by atoms with Crippen molar-refractivity contribution in [2.24, 2.45) is 5.92 Å². The molecule has 0 saturated carbocycles. The van der Waals surface area contributed by atoms with E-state index in [1.165, 1.54) is 19.2 Å². The van der Waals surface area contributed by atoms with Crippen LogP contribution >= 0.6 is 11.6 Å². The smallest absolute Gasteiger partial charge is 0.255 e. The Bertz CT molecular complexity index is 1010. The van der Waals surface area contributed by atoms with E-state index in [4.69, 9.17) is 21.1 Å². The Morgan fingerprint density at radius 1 is 1.24 bits per heavy atom. The molecule has 0 aromatic heterocycles. The molecule has 0 spiro atoms. The van der Waals surface area contributed by atoms with Crippen molar-refractivity contribution in [3.8, 4) is 11.5 Å². The summed E-state index contributed by atoms with van der Waals surface area (Å²) in [5.41, 5.74) is -0.155. The van der Waals surface area contributed by atoms with Crippen LogP contribution in [0, 0.1) is 11.7 Å². The highest BCUT2D eigenvalue weighted by molar-refractivity contribution is 7.90. The quantitative estimate of drug-likeness (QED) is 0.604. The summed E-state index contributed by atoms with van der Waals surface area (Å²) in [5.74, 6) is -0.420. The van der Waals surface area contributed by atoms with Gasteiger partial charge in [0.2, 0.25) is 0 Å². The Morgan fingerprint density at radius 2 is 1.93 bits per heavy atom. The second-order valence-electron chi connectivity index (χ2n) is 6.89. The molecule has 9 heteroatoms. The van der Waals surface area contributed by atoms with E-state index in [0.717, 1.165) is 30.9 Å². The number of nitrogens with one attached hydrogen (secondary N) is 1. The molecule has 0 heterocycles. The summed E-state index contributed by atoms with van der Waals surface area (Å²) in [7, 11) is -2.14. The minimum Gasteiger partial charge on any atom is -0.493 e. The number of carbonyl (C=O) groups is 1. The molecule has 0 atom stereocenters. The van der Waals surface area contributed by atoms with Gasteiger partial charge in [-0.2, -0.15) is 0 Å². The number of benzene rings is 2. The summed E-state index contributed by atoms with van der Waals surface area (Å²) in [4.78, 5) is 12.5. The van der Waals surface area contributed by atoms with Gasteiger partial charge in [-0.25, -0.2) is 12.8 Å². The van der Waals surface area contributed by atoms with E-state index in [1.54, 1.807) is 0 Å². The van der Waals surface area contributed by atoms with Gasteiger partial charge in [0, 0.05) is 11.8 Å². The topological polar surface area (TPSA) is 81.7 Å². The maximum atomic E-state index is 14.0. The first kappa shape index (κ1) is 23.0. The van der Waals surface area contributed by atoms with E-state index in [-0.39, 0.29) is 26.9 Å². The first-order chi connectivity index (χ1) is 13.5. The van der Waals surface area contributed by atoms with Gasteiger partial charge in [0.1, 0.15) is 5.82 Å². The Labute approximate surface area is 174 Å². The van der Waals surface area contributed by atoms with E-state index in [1.807, 2.05) is 0 Å². The van der Waals surface area contributed by atoms with Gasteiger partial charge in [0.15, 0.2) is 21.3 Å². The molecular formula is C20H23ClFNO5S. The maximum absolute atomic E-state index is 14.0. The lowest BCUT2D eigenvalue weighted by Crippen LogP contribution is -2.14. The highest BCUT2D eigenvalue weighted by atomic mass is 35.5. The van der Waals surface area contributed by atoms with E-state index in [2.05, 4.69) is 19.2 Å². The molecule has 0 fully saturated rings. The number of hydrogen-bond donors (Lipinski definition) is 1. The molecule has 0 bridgehead atoms. The number of carbonyl (C=O) groups excluding carboxylic acids is 1. The molecule has 6 nitrogen and oxygen atoms in total. The van der Waals surface area contributed by atoms with Crippen LogP contribution in [0.5, 0.6) is 11.5 Å². The molecule has 1 amide bonds. The van der Waals surface area contributed by atoms with Crippen LogP contribution < -0.4 is 14.8 Å². The summed E-state index contributed by atoms with van der Waals surface area (Å²) in [6.07, 6.45) is 1.81. The van der Waals surface area contributed by atoms with Crippen molar-refractivity contribution in [3.05, 3.63) is 46.7 Å². The predicted molar refractivity (Wildman–Crippen MR) is 110 cm³/mol. The minimum atomic E-state index is -3.56. The zero-order chi connectivity index (χ0) is 21.8. The molecule has 0 radical (unpaired) electrons. The van der Waals surface area contributed by atoms with E-state index < -0.39 is 21.6 Å². The predicted octanol–water partition coefficient (Wildman–Crippen LogP) is 4.57. The summed E-state index contributed by atoms with van der Waals surface area (Å²) >= 11 is 6.25. The molecule has 2 aromatic rings. The second kappa shape index (κ2) is 9.45. The monoisotopic (exact) mass is 443 g/mol. The standard InChI is InChI=1S/C20H23ClFNO5S/c1-12(2)7-8-28-19-15(21)9-13(10-18(19)27-3)20(24)23-17-11-14(29(4,25)26)5-6-16(17)22/h5-6,9-12H,7-8H2,1-4H3,(H,23,24). The van der Waals surface area contributed by atoms with Crippen molar-refractivity contribution in [1.29, 1.82) is 0 Å². The van der Waals surface area contributed by atoms with Crippen LogP contribution in [0.25, 0.3) is 0 Å². The fourth-order valence-electron chi connectivity index (χ4n) is 2.41. The molecule has 0 saturated heterocycles. The number of halogens is 2. The largest absolute Gasteiger partial charge is 0.493 e. The van der Waals surface area contributed by atoms with E-state index in [9.17, 15) is 17.6 Å². The van der Waals surface area contributed by atoms with E-state index >= 15 is 0 Å². The average Bonchev–Trinajstić information content (AvgIpc) is 2.63. The lowest BCUT2D eigenvalue weighted by Gasteiger charge is -2.15. The Hall–Kier alpha value is -2.32. The summed E-state index contributed by atoms with van der Waals surface area (Å²) in [6.45, 7) is 4.56. The van der Waals surface area contributed by atoms with Gasteiger partial charge >= 0.3 is 0 Å². The molecule has 0 aliphatic carbocycles. The molecule has 158 valence electrons. The van der Waals surface area contributed by atoms with Crippen molar-refractivity contribution in [3.63, 3.8) is 0 Å². The molecule has 1 N–H and O–H groups in total. The van der Waals surface area contributed by atoms with Gasteiger partial charge in [0.25, 0.3) is 5.91 Å². The molecular weight excluding hydrogens is 421 g/mol. The highest BCUT2D eigenvalue weighted by Gasteiger charge is 2.18. The lowest BCUT2D eigenvalue weighted by molar-refractivity contribution is 0.102. The molecule has 2 rings (SSSR count). The zero-order valence-electron chi connectivity index (χ0n) is 16.6. The molecule has 0 aliphatic heterocycles. The van der Waals surface area contributed by atoms with Crippen molar-refractivity contribution in [2.45, 2.75) is 25.2 Å². The van der Waals surface area contributed by atoms with Crippen molar-refractivity contribution >= 4 is 33.0 Å². The number of hydrogen-bond acceptors (Lipinski definition) is 5. The van der Waals surface area contributed by atoms with Crippen LogP contribution in [0.1, 0.15) is 30.6 Å². The number of anilines is 1. The minimum absolute atomic E-state index is 0.104. The number of methoxy groups -OCH3 is 1. The van der Waals surface area contributed by atoms with Gasteiger partial charge in [0.05, 0.1) is 29.3 Å². The number of amides is 1. The number of rotatable bonds is 8. The third-order valence-electron chi connectivity index (χ3n) is 4.05. The first-order valence-electron chi connectivity index (χ1n) is 8.84. The molecule has 0 aliphatic rings. The van der Waals surface area contributed by atoms with Crippen LogP contribution in [0.2, 0.25) is 5.02 Å². The summed E-state index contributed by atoms with van der Waals surface area (Å²) < 4.78 is 48.3. The van der Waals surface area contributed by atoms with Crippen LogP contribution in [0.3, 0.4) is 0 Å². The molecule has 29 heavy (non-hydrogen) atoms. The van der Waals surface area contributed by atoms with Crippen LogP contribution in [0.15, 0.2) is 35.2 Å². The van der Waals surface area contributed by atoms with Gasteiger partial charge in [-0.3, -0.25) is 4.79 Å². The highest BCUT2D eigenvalue weighted by Crippen LogP contribution is 2.37. The fourth-order valence-corrected chi connectivity index (χ4v) is 3.33. The summed E-state index contributed by atoms with van der Waals surface area (Å²) in [6, 6.07) is 5.96. The SMILES string of the molecule is COc1cc(C(=O)Nc2cc(S(C)(=O)=O)ccc2F)cc(Cl)c1OCCC(C)C. The van der Waals surface area contributed by atoms with Crippen LogP contribution in [0.4, 0.5) is 10.1 Å². The van der Waals surface area contributed by atoms with Crippen LogP contribution in [-0.4, -0.2) is 34.3 Å². The molecule has 0 unspecified atom stereocenters. The Morgan fingerprint density at radius 3 is 2.52 bits per heavy atom. The second-order valence-corrected chi connectivity index (χ2v) is 9.31. The third kappa shape index (κ3) is 6.08. The van der Waals surface area contributed by atoms with Gasteiger partial charge in [-0.05, 0) is 42.7 Å². The van der Waals surface area contributed by atoms with Gasteiger partial charge in [-0.15, -0.1) is 0 Å². The van der Waals surface area contributed by atoms with Gasteiger partial charge < -0.3 is 14.8 Å². The Kier molecular flexibility index (Phi) is 7.48. The average molecular weight is 444 g/mol. The first-order valence-corrected chi connectivity index (χ1v) is 11.1. The van der Waals surface area contributed by atoms with E-state index in [0.29, 0.717) is 18.3 Å². The molecule has 2 aromatic carbocycles. The fraction of sp³-hybridized carbons (Fsp3) is 0.350. The van der Waals surface area contributed by atoms with Crippen molar-refractivity contribution in [1.82, 2.24) is 0 Å². The number of ether oxygens (including phenoxy) is 2. The van der Waals surface area contributed by atoms with Crippen molar-refractivity contribution in [2.75, 3.05) is 25.3 Å². The maximum Gasteiger partial charge on any atom is 0.255 e. The Balaban J connectivity index is 2.29. The normalized spacial score (nSPS) is 11.4.